The monoisotopic (exact) mass is 361 g/mol. The summed E-state index contributed by atoms with van der Waals surface area (Å²) in [6, 6.07) is 1.95. The predicted octanol–water partition coefficient (Wildman–Crippen LogP) is 1.56. The van der Waals surface area contributed by atoms with Gasteiger partial charge in [-0.2, -0.15) is 0 Å². The first-order valence-corrected chi connectivity index (χ1v) is 7.47. The number of alkyl halides is 3. The Bertz CT molecular complexity index is 679. The van der Waals surface area contributed by atoms with Crippen molar-refractivity contribution in [2.45, 2.75) is 25.7 Å². The molecule has 25 heavy (non-hydrogen) atoms. The molecule has 1 saturated heterocycles. The number of aromatic carboxylic acids is 1. The van der Waals surface area contributed by atoms with Crippen molar-refractivity contribution < 1.29 is 32.6 Å². The highest BCUT2D eigenvalue weighted by atomic mass is 19.4. The zero-order valence-corrected chi connectivity index (χ0v) is 13.2. The molecule has 1 aromatic rings. The van der Waals surface area contributed by atoms with E-state index in [1.165, 1.54) is 6.07 Å². The Hall–Kier alpha value is -2.49. The van der Waals surface area contributed by atoms with Crippen LogP contribution in [0.1, 0.15) is 28.8 Å². The van der Waals surface area contributed by atoms with E-state index >= 15 is 0 Å². The number of carbonyl (C=O) groups excluding carboxylic acids is 1. The van der Waals surface area contributed by atoms with Gasteiger partial charge in [-0.15, -0.1) is 13.2 Å². The van der Waals surface area contributed by atoms with Crippen molar-refractivity contribution >= 4 is 17.6 Å². The third-order valence-electron chi connectivity index (χ3n) is 3.94. The van der Waals surface area contributed by atoms with Gasteiger partial charge in [-0.1, -0.05) is 0 Å². The van der Waals surface area contributed by atoms with Crippen LogP contribution in [0.3, 0.4) is 0 Å². The van der Waals surface area contributed by atoms with Gasteiger partial charge in [0.1, 0.15) is 5.75 Å². The molecule has 5 N–H and O–H groups in total. The molecule has 1 heterocycles. The van der Waals surface area contributed by atoms with Gasteiger partial charge < -0.3 is 21.3 Å². The number of primary amides is 1. The zero-order valence-electron chi connectivity index (χ0n) is 13.2. The summed E-state index contributed by atoms with van der Waals surface area (Å²) in [7, 11) is 0. The molecule has 1 aromatic carbocycles. The molecule has 10 heteroatoms. The van der Waals surface area contributed by atoms with Crippen LogP contribution in [0.5, 0.6) is 5.75 Å². The molecule has 0 bridgehead atoms. The Morgan fingerprint density at radius 3 is 2.60 bits per heavy atom. The third kappa shape index (κ3) is 5.24. The molecule has 1 aliphatic heterocycles. The van der Waals surface area contributed by atoms with Crippen molar-refractivity contribution in [3.05, 3.63) is 23.3 Å². The number of hydrogen-bond donors (Lipinski definition) is 3. The van der Waals surface area contributed by atoms with Gasteiger partial charge in [-0.05, 0) is 31.0 Å². The molecule has 0 aromatic heterocycles. The number of rotatable bonds is 6. The first-order chi connectivity index (χ1) is 11.5. The lowest BCUT2D eigenvalue weighted by Gasteiger charge is -2.20. The van der Waals surface area contributed by atoms with Crippen molar-refractivity contribution in [3.63, 3.8) is 0 Å². The summed E-state index contributed by atoms with van der Waals surface area (Å²) in [4.78, 5) is 23.9. The molecule has 1 atom stereocenters. The summed E-state index contributed by atoms with van der Waals surface area (Å²) in [6.45, 7) is 1.16. The Kier molecular flexibility index (Phi) is 5.41. The molecule has 1 amide bonds. The van der Waals surface area contributed by atoms with Gasteiger partial charge in [0, 0.05) is 30.8 Å². The third-order valence-corrected chi connectivity index (χ3v) is 3.94. The fraction of sp³-hybridized carbons (Fsp3) is 0.467. The summed E-state index contributed by atoms with van der Waals surface area (Å²) >= 11 is 0. The van der Waals surface area contributed by atoms with Crippen LogP contribution in [-0.4, -0.2) is 41.3 Å². The first-order valence-electron chi connectivity index (χ1n) is 7.47. The number of carboxylic acid groups (broad SMARTS) is 1. The summed E-state index contributed by atoms with van der Waals surface area (Å²) in [6.07, 6.45) is -4.05. The van der Waals surface area contributed by atoms with Gasteiger partial charge in [0.2, 0.25) is 5.91 Å². The molecule has 0 saturated carbocycles. The smallest absolute Gasteiger partial charge is 0.478 e. The maximum atomic E-state index is 12.6. The quantitative estimate of drug-likeness (QED) is 0.662. The van der Waals surface area contributed by atoms with E-state index in [1.54, 1.807) is 0 Å². The fourth-order valence-electron chi connectivity index (χ4n) is 2.92. The molecular formula is C15H18F3N3O4. The van der Waals surface area contributed by atoms with Crippen molar-refractivity contribution in [2.75, 3.05) is 18.8 Å². The van der Waals surface area contributed by atoms with E-state index < -0.39 is 29.6 Å². The van der Waals surface area contributed by atoms with Gasteiger partial charge >= 0.3 is 12.3 Å². The van der Waals surface area contributed by atoms with Gasteiger partial charge in [-0.25, -0.2) is 4.79 Å². The van der Waals surface area contributed by atoms with Crippen LogP contribution in [0.25, 0.3) is 0 Å². The van der Waals surface area contributed by atoms with Crippen LogP contribution in [0, 0.1) is 5.92 Å². The number of carboxylic acids is 1. The molecule has 2 rings (SSSR count). The number of nitrogens with two attached hydrogens (primary N) is 2. The highest BCUT2D eigenvalue weighted by Crippen LogP contribution is 2.32. The minimum absolute atomic E-state index is 0.0418. The van der Waals surface area contributed by atoms with E-state index in [2.05, 4.69) is 4.74 Å². The highest BCUT2D eigenvalue weighted by molar-refractivity contribution is 5.94. The number of anilines is 1. The van der Waals surface area contributed by atoms with Gasteiger partial charge in [0.25, 0.3) is 0 Å². The number of hydrogen-bond acceptors (Lipinski definition) is 5. The molecule has 1 fully saturated rings. The second-order valence-electron chi connectivity index (χ2n) is 5.96. The van der Waals surface area contributed by atoms with Crippen LogP contribution in [0.15, 0.2) is 12.1 Å². The van der Waals surface area contributed by atoms with Crippen molar-refractivity contribution in [1.82, 2.24) is 4.90 Å². The highest BCUT2D eigenvalue weighted by Gasteiger charge is 2.33. The number of likely N-dealkylation sites (tertiary alicyclic amines) is 1. The second kappa shape index (κ2) is 7.18. The molecule has 138 valence electrons. The second-order valence-corrected chi connectivity index (χ2v) is 5.96. The molecule has 0 aliphatic carbocycles. The van der Waals surface area contributed by atoms with Crippen LogP contribution in [-0.2, 0) is 11.3 Å². The number of benzene rings is 1. The Morgan fingerprint density at radius 2 is 2.04 bits per heavy atom. The number of nitrogen functional groups attached to an aromatic ring is 1. The zero-order chi connectivity index (χ0) is 18.8. The van der Waals surface area contributed by atoms with E-state index in [4.69, 9.17) is 16.6 Å². The van der Waals surface area contributed by atoms with E-state index in [1.807, 2.05) is 4.90 Å². The summed E-state index contributed by atoms with van der Waals surface area (Å²) in [5.74, 6) is -2.43. The van der Waals surface area contributed by atoms with Crippen LogP contribution >= 0.6 is 0 Å². The summed E-state index contributed by atoms with van der Waals surface area (Å²) in [5, 5.41) is 9.01. The predicted molar refractivity (Wildman–Crippen MR) is 81.7 cm³/mol. The van der Waals surface area contributed by atoms with E-state index in [0.717, 1.165) is 6.07 Å². The number of carbonyl (C=O) groups is 2. The van der Waals surface area contributed by atoms with E-state index in [-0.39, 0.29) is 30.1 Å². The minimum Gasteiger partial charge on any atom is -0.478 e. The Morgan fingerprint density at radius 1 is 1.36 bits per heavy atom. The molecular weight excluding hydrogens is 343 g/mol. The topological polar surface area (TPSA) is 119 Å². The van der Waals surface area contributed by atoms with Gasteiger partial charge in [0.05, 0.1) is 5.56 Å². The molecule has 7 nitrogen and oxygen atoms in total. The maximum Gasteiger partial charge on any atom is 0.573 e. The van der Waals surface area contributed by atoms with Crippen LogP contribution in [0.4, 0.5) is 18.9 Å². The summed E-state index contributed by atoms with van der Waals surface area (Å²) in [5.41, 5.74) is 10.3. The standard InChI is InChI=1S/C15H18F3N3O4/c16-15(17,18)25-12-5-10(14(23)24)11(19)4-9(12)7-21-2-1-8(6-21)3-13(20)22/h4-5,8H,1-3,6-7,19H2,(H2,20,22)(H,23,24)/t8-/m0/s1. The van der Waals surface area contributed by atoms with Gasteiger partial charge in [-0.3, -0.25) is 9.69 Å². The number of nitrogens with zero attached hydrogens (tertiary/aromatic N) is 1. The average molecular weight is 361 g/mol. The fourth-order valence-corrected chi connectivity index (χ4v) is 2.92. The molecule has 0 spiro atoms. The number of amides is 1. The Labute approximate surface area is 141 Å². The van der Waals surface area contributed by atoms with Crippen LogP contribution in [0.2, 0.25) is 0 Å². The van der Waals surface area contributed by atoms with Crippen molar-refractivity contribution in [3.8, 4) is 5.75 Å². The average Bonchev–Trinajstić information content (AvgIpc) is 2.86. The summed E-state index contributed by atoms with van der Waals surface area (Å²) < 4.78 is 41.8. The SMILES string of the molecule is NC(=O)C[C@@H]1CCN(Cc2cc(N)c(C(=O)O)cc2OC(F)(F)F)C1. The number of ether oxygens (including phenoxy) is 1. The lowest BCUT2D eigenvalue weighted by molar-refractivity contribution is -0.275. The normalized spacial score (nSPS) is 18.3. The lowest BCUT2D eigenvalue weighted by atomic mass is 10.0. The van der Waals surface area contributed by atoms with Crippen molar-refractivity contribution in [1.29, 1.82) is 0 Å². The van der Waals surface area contributed by atoms with Crippen LogP contribution < -0.4 is 16.2 Å². The van der Waals surface area contributed by atoms with E-state index in [9.17, 15) is 22.8 Å². The largest absolute Gasteiger partial charge is 0.573 e. The van der Waals surface area contributed by atoms with Crippen molar-refractivity contribution in [2.24, 2.45) is 11.7 Å². The molecule has 0 unspecified atom stereocenters. The molecule has 1 aliphatic rings. The Balaban J connectivity index is 2.22. The van der Waals surface area contributed by atoms with Gasteiger partial charge in [0.15, 0.2) is 0 Å². The minimum atomic E-state index is -4.96. The number of halogens is 3. The molecule has 0 radical (unpaired) electrons. The lowest BCUT2D eigenvalue weighted by Crippen LogP contribution is -2.24. The van der Waals surface area contributed by atoms with E-state index in [0.29, 0.717) is 19.5 Å². The maximum absolute atomic E-state index is 12.6. The first kappa shape index (κ1) is 18.8.